The average Bonchev–Trinajstić information content (AvgIpc) is 2.70. The predicted octanol–water partition coefficient (Wildman–Crippen LogP) is 3.91. The molecule has 1 aliphatic carbocycles. The van der Waals surface area contributed by atoms with Crippen molar-refractivity contribution >= 4 is 26.9 Å². The second-order valence-electron chi connectivity index (χ2n) is 4.93. The molecular formula is C14H16BrNO. The van der Waals surface area contributed by atoms with E-state index in [0.29, 0.717) is 17.9 Å². The highest BCUT2D eigenvalue weighted by Crippen LogP contribution is 2.44. The molecule has 3 heteroatoms. The number of hydrogen-bond donors (Lipinski definition) is 1. The summed E-state index contributed by atoms with van der Waals surface area (Å²) in [5.41, 5.74) is 0.989. The summed E-state index contributed by atoms with van der Waals surface area (Å²) in [6, 6.07) is 8.99. The molecule has 0 spiro atoms. The third-order valence-corrected chi connectivity index (χ3v) is 4.50. The van der Waals surface area contributed by atoms with Crippen molar-refractivity contribution in [3.63, 3.8) is 0 Å². The highest BCUT2D eigenvalue weighted by molar-refractivity contribution is 9.10. The first-order chi connectivity index (χ1) is 8.19. The fraction of sp³-hybridized carbons (Fsp3) is 0.429. The van der Waals surface area contributed by atoms with Gasteiger partial charge in [0.25, 0.3) is 0 Å². The molecule has 1 aliphatic rings. The predicted molar refractivity (Wildman–Crippen MR) is 73.3 cm³/mol. The molecule has 1 heterocycles. The van der Waals surface area contributed by atoms with E-state index in [1.54, 1.807) is 0 Å². The SMILES string of the molecule is CNC1CC(c2cc3cc(Br)ccc3o2)C1C. The van der Waals surface area contributed by atoms with Crippen molar-refractivity contribution in [3.8, 4) is 0 Å². The molecule has 1 saturated carbocycles. The van der Waals surface area contributed by atoms with Crippen LogP contribution in [-0.4, -0.2) is 13.1 Å². The first kappa shape index (κ1) is 11.3. The zero-order valence-corrected chi connectivity index (χ0v) is 11.6. The summed E-state index contributed by atoms with van der Waals surface area (Å²) in [5, 5.41) is 4.53. The maximum Gasteiger partial charge on any atom is 0.134 e. The normalized spacial score (nSPS) is 28.3. The van der Waals surface area contributed by atoms with E-state index >= 15 is 0 Å². The maximum atomic E-state index is 5.94. The molecule has 1 N–H and O–H groups in total. The summed E-state index contributed by atoms with van der Waals surface area (Å²) in [7, 11) is 2.03. The fourth-order valence-corrected chi connectivity index (χ4v) is 3.14. The third-order valence-electron chi connectivity index (χ3n) is 4.01. The van der Waals surface area contributed by atoms with Crippen LogP contribution in [0.4, 0.5) is 0 Å². The summed E-state index contributed by atoms with van der Waals surface area (Å²) in [4.78, 5) is 0. The number of nitrogens with one attached hydrogen (secondary N) is 1. The van der Waals surface area contributed by atoms with Crippen molar-refractivity contribution in [2.45, 2.75) is 25.3 Å². The standard InChI is InChI=1S/C14H16BrNO/c1-8-11(7-12(8)16-2)14-6-9-5-10(15)3-4-13(9)17-14/h3-6,8,11-12,16H,7H2,1-2H3. The Labute approximate surface area is 110 Å². The second kappa shape index (κ2) is 4.14. The summed E-state index contributed by atoms with van der Waals surface area (Å²) in [5.74, 6) is 2.36. The zero-order chi connectivity index (χ0) is 12.0. The topological polar surface area (TPSA) is 25.2 Å². The second-order valence-corrected chi connectivity index (χ2v) is 5.84. The van der Waals surface area contributed by atoms with Gasteiger partial charge in [-0.25, -0.2) is 0 Å². The van der Waals surface area contributed by atoms with Gasteiger partial charge in [-0.05, 0) is 43.7 Å². The quantitative estimate of drug-likeness (QED) is 0.908. The van der Waals surface area contributed by atoms with Crippen molar-refractivity contribution in [2.24, 2.45) is 5.92 Å². The van der Waals surface area contributed by atoms with E-state index in [-0.39, 0.29) is 0 Å². The Balaban J connectivity index is 1.92. The lowest BCUT2D eigenvalue weighted by atomic mass is 9.69. The minimum Gasteiger partial charge on any atom is -0.461 e. The molecule has 3 unspecified atom stereocenters. The Morgan fingerprint density at radius 1 is 1.35 bits per heavy atom. The van der Waals surface area contributed by atoms with Crippen LogP contribution in [0.3, 0.4) is 0 Å². The van der Waals surface area contributed by atoms with Crippen LogP contribution in [0.5, 0.6) is 0 Å². The fourth-order valence-electron chi connectivity index (χ4n) is 2.76. The van der Waals surface area contributed by atoms with Gasteiger partial charge in [-0.3, -0.25) is 0 Å². The molecule has 3 rings (SSSR count). The monoisotopic (exact) mass is 293 g/mol. The molecule has 1 aromatic carbocycles. The first-order valence-corrected chi connectivity index (χ1v) is 6.84. The summed E-state index contributed by atoms with van der Waals surface area (Å²) < 4.78 is 7.05. The van der Waals surface area contributed by atoms with Crippen molar-refractivity contribution < 1.29 is 4.42 Å². The van der Waals surface area contributed by atoms with Gasteiger partial charge in [0.2, 0.25) is 0 Å². The van der Waals surface area contributed by atoms with Crippen LogP contribution in [0, 0.1) is 5.92 Å². The van der Waals surface area contributed by atoms with E-state index in [0.717, 1.165) is 15.8 Å². The molecule has 3 atom stereocenters. The lowest BCUT2D eigenvalue weighted by molar-refractivity contribution is 0.173. The number of hydrogen-bond acceptors (Lipinski definition) is 2. The van der Waals surface area contributed by atoms with Crippen LogP contribution in [-0.2, 0) is 0 Å². The van der Waals surface area contributed by atoms with E-state index in [4.69, 9.17) is 4.42 Å². The lowest BCUT2D eigenvalue weighted by Crippen LogP contribution is -2.46. The van der Waals surface area contributed by atoms with E-state index < -0.39 is 0 Å². The van der Waals surface area contributed by atoms with Gasteiger partial charge < -0.3 is 9.73 Å². The molecule has 1 aromatic heterocycles. The Kier molecular flexibility index (Phi) is 2.75. The van der Waals surface area contributed by atoms with Crippen molar-refractivity contribution in [3.05, 3.63) is 34.5 Å². The highest BCUT2D eigenvalue weighted by atomic mass is 79.9. The van der Waals surface area contributed by atoms with Crippen LogP contribution < -0.4 is 5.32 Å². The van der Waals surface area contributed by atoms with Gasteiger partial charge in [0.05, 0.1) is 0 Å². The minimum atomic E-state index is 0.568. The summed E-state index contributed by atoms with van der Waals surface area (Å²) in [6.45, 7) is 2.29. The van der Waals surface area contributed by atoms with Crippen molar-refractivity contribution in [1.82, 2.24) is 5.32 Å². The molecule has 0 saturated heterocycles. The highest BCUT2D eigenvalue weighted by Gasteiger charge is 2.39. The summed E-state index contributed by atoms with van der Waals surface area (Å²) >= 11 is 3.49. The van der Waals surface area contributed by atoms with Crippen LogP contribution >= 0.6 is 15.9 Å². The van der Waals surface area contributed by atoms with E-state index in [9.17, 15) is 0 Å². The molecule has 0 bridgehead atoms. The smallest absolute Gasteiger partial charge is 0.134 e. The van der Waals surface area contributed by atoms with Crippen LogP contribution in [0.25, 0.3) is 11.0 Å². The number of fused-ring (bicyclic) bond motifs is 1. The van der Waals surface area contributed by atoms with E-state index in [1.165, 1.54) is 11.8 Å². The Morgan fingerprint density at radius 3 is 2.88 bits per heavy atom. The van der Waals surface area contributed by atoms with E-state index in [2.05, 4.69) is 40.3 Å². The molecular weight excluding hydrogens is 278 g/mol. The van der Waals surface area contributed by atoms with Crippen LogP contribution in [0.1, 0.15) is 25.0 Å². The molecule has 1 fully saturated rings. The number of benzene rings is 1. The van der Waals surface area contributed by atoms with Gasteiger partial charge in [0.1, 0.15) is 11.3 Å². The van der Waals surface area contributed by atoms with Gasteiger partial charge in [-0.15, -0.1) is 0 Å². The first-order valence-electron chi connectivity index (χ1n) is 6.05. The van der Waals surface area contributed by atoms with Gasteiger partial charge in [-0.2, -0.15) is 0 Å². The number of rotatable bonds is 2. The van der Waals surface area contributed by atoms with Gasteiger partial charge in [0, 0.05) is 21.8 Å². The maximum absolute atomic E-state index is 5.94. The van der Waals surface area contributed by atoms with Gasteiger partial charge >= 0.3 is 0 Å². The van der Waals surface area contributed by atoms with Crippen LogP contribution in [0.15, 0.2) is 33.2 Å². The molecule has 90 valence electrons. The number of furan rings is 1. The van der Waals surface area contributed by atoms with Crippen LogP contribution in [0.2, 0.25) is 0 Å². The molecule has 2 nitrogen and oxygen atoms in total. The van der Waals surface area contributed by atoms with Crippen molar-refractivity contribution in [1.29, 1.82) is 0 Å². The third kappa shape index (κ3) is 1.81. The molecule has 0 radical (unpaired) electrons. The molecule has 2 aromatic rings. The Morgan fingerprint density at radius 2 is 2.18 bits per heavy atom. The average molecular weight is 294 g/mol. The molecule has 0 amide bonds. The molecule has 0 aliphatic heterocycles. The van der Waals surface area contributed by atoms with Crippen molar-refractivity contribution in [2.75, 3.05) is 7.05 Å². The largest absolute Gasteiger partial charge is 0.461 e. The zero-order valence-electron chi connectivity index (χ0n) is 10.0. The van der Waals surface area contributed by atoms with E-state index in [1.807, 2.05) is 19.2 Å². The minimum absolute atomic E-state index is 0.568. The Bertz CT molecular complexity index is 548. The summed E-state index contributed by atoms with van der Waals surface area (Å²) in [6.07, 6.45) is 1.18. The Hall–Kier alpha value is -0.800. The lowest BCUT2D eigenvalue weighted by Gasteiger charge is -2.41. The number of halogens is 1. The van der Waals surface area contributed by atoms with Gasteiger partial charge in [0.15, 0.2) is 0 Å². The van der Waals surface area contributed by atoms with Gasteiger partial charge in [-0.1, -0.05) is 22.9 Å². The molecule has 17 heavy (non-hydrogen) atoms.